The number of benzene rings is 2. The van der Waals surface area contributed by atoms with E-state index in [1.807, 2.05) is 36.4 Å². The maximum absolute atomic E-state index is 13.2. The average Bonchev–Trinajstić information content (AvgIpc) is 3.38. The molecule has 0 bridgehead atoms. The maximum Gasteiger partial charge on any atom is 0.407 e. The molecule has 2 aromatic rings. The summed E-state index contributed by atoms with van der Waals surface area (Å²) in [5.74, 6) is -1.30. The van der Waals surface area contributed by atoms with Crippen LogP contribution in [0.1, 0.15) is 30.4 Å². The number of thioether (sulfide) groups is 1. The number of aliphatic carboxylic acids is 1. The summed E-state index contributed by atoms with van der Waals surface area (Å²) in [6.07, 6.45) is -0.512. The Bertz CT molecular complexity index is 1030. The van der Waals surface area contributed by atoms with E-state index < -0.39 is 30.1 Å². The molecule has 1 heterocycles. The fraction of sp³-hybridized carbons (Fsp3) is 0.400. The molecule has 2 aromatic carbocycles. The van der Waals surface area contributed by atoms with E-state index in [4.69, 9.17) is 9.47 Å². The molecule has 2 N–H and O–H groups in total. The number of hydrogen-bond acceptors (Lipinski definition) is 6. The van der Waals surface area contributed by atoms with Gasteiger partial charge < -0.3 is 24.8 Å². The van der Waals surface area contributed by atoms with E-state index in [2.05, 4.69) is 17.4 Å². The van der Waals surface area contributed by atoms with Crippen molar-refractivity contribution in [3.8, 4) is 11.1 Å². The molecule has 0 spiro atoms. The maximum atomic E-state index is 13.2. The lowest BCUT2D eigenvalue weighted by molar-refractivity contribution is -0.149. The quantitative estimate of drug-likeness (QED) is 0.592. The van der Waals surface area contributed by atoms with Crippen LogP contribution < -0.4 is 5.32 Å². The summed E-state index contributed by atoms with van der Waals surface area (Å²) in [4.78, 5) is 38.9. The first-order valence-electron chi connectivity index (χ1n) is 11.2. The number of rotatable bonds is 8. The second-order valence-electron chi connectivity index (χ2n) is 8.34. The third kappa shape index (κ3) is 4.76. The third-order valence-corrected chi connectivity index (χ3v) is 7.52. The monoisotopic (exact) mass is 484 g/mol. The molecule has 34 heavy (non-hydrogen) atoms. The number of fused-ring (bicyclic) bond motifs is 3. The van der Waals surface area contributed by atoms with Gasteiger partial charge in [0.1, 0.15) is 18.7 Å². The van der Waals surface area contributed by atoms with Crippen LogP contribution in [-0.4, -0.2) is 71.5 Å². The highest BCUT2D eigenvalue weighted by atomic mass is 32.2. The summed E-state index contributed by atoms with van der Waals surface area (Å²) >= 11 is 1.39. The number of amides is 2. The van der Waals surface area contributed by atoms with Crippen LogP contribution in [0, 0.1) is 0 Å². The van der Waals surface area contributed by atoms with Crippen molar-refractivity contribution in [1.82, 2.24) is 10.2 Å². The molecule has 1 saturated heterocycles. The van der Waals surface area contributed by atoms with Gasteiger partial charge in [0, 0.05) is 31.8 Å². The lowest BCUT2D eigenvalue weighted by Gasteiger charge is -2.29. The average molecular weight is 485 g/mol. The fourth-order valence-electron chi connectivity index (χ4n) is 4.62. The Balaban J connectivity index is 1.45. The van der Waals surface area contributed by atoms with Gasteiger partial charge in [-0.05, 0) is 29.2 Å². The number of ether oxygens (including phenoxy) is 2. The minimum Gasteiger partial charge on any atom is -0.480 e. The summed E-state index contributed by atoms with van der Waals surface area (Å²) in [5.41, 5.74) is 4.44. The van der Waals surface area contributed by atoms with E-state index in [-0.39, 0.29) is 30.9 Å². The molecular weight excluding hydrogens is 456 g/mol. The predicted molar refractivity (Wildman–Crippen MR) is 129 cm³/mol. The minimum absolute atomic E-state index is 0.0994. The van der Waals surface area contributed by atoms with Gasteiger partial charge in [-0.3, -0.25) is 4.79 Å². The number of hydrogen-bond donors (Lipinski definition) is 2. The molecule has 180 valence electrons. The van der Waals surface area contributed by atoms with Crippen molar-refractivity contribution >= 4 is 29.7 Å². The first kappa shape index (κ1) is 24.1. The fourth-order valence-corrected chi connectivity index (χ4v) is 5.80. The van der Waals surface area contributed by atoms with E-state index in [0.717, 1.165) is 22.3 Å². The molecule has 1 fully saturated rings. The molecule has 8 nitrogen and oxygen atoms in total. The summed E-state index contributed by atoms with van der Waals surface area (Å²) < 4.78 is 10.7. The SMILES string of the molecule is COCCC(NC(=O)OCC1c2ccccc2-c2ccccc21)C(=O)N1C(C)SCC1C(=O)O. The topological polar surface area (TPSA) is 105 Å². The molecule has 1 aliphatic heterocycles. The van der Waals surface area contributed by atoms with Gasteiger partial charge in [0.15, 0.2) is 0 Å². The summed E-state index contributed by atoms with van der Waals surface area (Å²) in [6, 6.07) is 14.2. The van der Waals surface area contributed by atoms with Gasteiger partial charge in [-0.25, -0.2) is 9.59 Å². The van der Waals surface area contributed by atoms with Gasteiger partial charge in [0.05, 0.1) is 5.37 Å². The third-order valence-electron chi connectivity index (χ3n) is 6.31. The zero-order chi connectivity index (χ0) is 24.2. The standard InChI is InChI=1S/C25H28N2O6S/c1-15-27(22(14-34-15)24(29)30)23(28)21(11-12-32-2)26-25(31)33-13-20-18-9-5-3-7-16(18)17-8-4-6-10-19(17)20/h3-10,15,20-22H,11-14H2,1-2H3,(H,26,31)(H,29,30). The van der Waals surface area contributed by atoms with Crippen LogP contribution in [0.2, 0.25) is 0 Å². The van der Waals surface area contributed by atoms with Crippen LogP contribution in [0.3, 0.4) is 0 Å². The Kier molecular flexibility index (Phi) is 7.43. The van der Waals surface area contributed by atoms with Crippen LogP contribution in [0.25, 0.3) is 11.1 Å². The highest BCUT2D eigenvalue weighted by Crippen LogP contribution is 2.44. The van der Waals surface area contributed by atoms with Gasteiger partial charge in [-0.2, -0.15) is 0 Å². The molecule has 9 heteroatoms. The van der Waals surface area contributed by atoms with Crippen LogP contribution >= 0.6 is 11.8 Å². The van der Waals surface area contributed by atoms with Gasteiger partial charge in [-0.1, -0.05) is 48.5 Å². The summed E-state index contributed by atoms with van der Waals surface area (Å²) in [7, 11) is 1.50. The molecule has 4 rings (SSSR count). The number of alkyl carbamates (subject to hydrolysis) is 1. The van der Waals surface area contributed by atoms with Crippen molar-refractivity contribution in [3.05, 3.63) is 59.7 Å². The predicted octanol–water partition coefficient (Wildman–Crippen LogP) is 3.30. The summed E-state index contributed by atoms with van der Waals surface area (Å²) in [5, 5.41) is 11.9. The minimum atomic E-state index is -1.06. The lowest BCUT2D eigenvalue weighted by Crippen LogP contribution is -2.54. The highest BCUT2D eigenvalue weighted by molar-refractivity contribution is 8.00. The van der Waals surface area contributed by atoms with Crippen molar-refractivity contribution in [3.63, 3.8) is 0 Å². The Labute approximate surface area is 202 Å². The van der Waals surface area contributed by atoms with Crippen molar-refractivity contribution in [2.75, 3.05) is 26.1 Å². The Morgan fingerprint density at radius 1 is 1.12 bits per heavy atom. The number of carbonyl (C=O) groups is 3. The number of methoxy groups -OCH3 is 1. The molecule has 1 aliphatic carbocycles. The normalized spacial score (nSPS) is 19.9. The van der Waals surface area contributed by atoms with E-state index in [9.17, 15) is 19.5 Å². The van der Waals surface area contributed by atoms with Crippen LogP contribution in [0.15, 0.2) is 48.5 Å². The van der Waals surface area contributed by atoms with Crippen LogP contribution in [0.4, 0.5) is 4.79 Å². The molecular formula is C25H28N2O6S. The molecule has 3 unspecified atom stereocenters. The first-order chi connectivity index (χ1) is 16.4. The van der Waals surface area contributed by atoms with E-state index in [1.54, 1.807) is 6.92 Å². The van der Waals surface area contributed by atoms with Crippen LogP contribution in [-0.2, 0) is 19.1 Å². The number of nitrogens with zero attached hydrogens (tertiary/aromatic N) is 1. The number of carboxylic acid groups (broad SMARTS) is 1. The van der Waals surface area contributed by atoms with Crippen molar-refractivity contribution in [1.29, 1.82) is 0 Å². The number of nitrogens with one attached hydrogen (secondary N) is 1. The van der Waals surface area contributed by atoms with E-state index in [1.165, 1.54) is 23.8 Å². The molecule has 0 saturated carbocycles. The van der Waals surface area contributed by atoms with Crippen LogP contribution in [0.5, 0.6) is 0 Å². The lowest BCUT2D eigenvalue weighted by atomic mass is 9.98. The Morgan fingerprint density at radius 3 is 2.32 bits per heavy atom. The van der Waals surface area contributed by atoms with E-state index in [0.29, 0.717) is 5.75 Å². The number of carboxylic acids is 1. The highest BCUT2D eigenvalue weighted by Gasteiger charge is 2.42. The Hall–Kier alpha value is -3.04. The second-order valence-corrected chi connectivity index (χ2v) is 9.69. The van der Waals surface area contributed by atoms with Crippen molar-refractivity contribution in [2.24, 2.45) is 0 Å². The van der Waals surface area contributed by atoms with Gasteiger partial charge in [-0.15, -0.1) is 11.8 Å². The van der Waals surface area contributed by atoms with Gasteiger partial charge in [0.25, 0.3) is 0 Å². The molecule has 0 radical (unpaired) electrons. The summed E-state index contributed by atoms with van der Waals surface area (Å²) in [6.45, 7) is 2.14. The second kappa shape index (κ2) is 10.5. The molecule has 3 atom stereocenters. The largest absolute Gasteiger partial charge is 0.480 e. The smallest absolute Gasteiger partial charge is 0.407 e. The first-order valence-corrected chi connectivity index (χ1v) is 12.2. The van der Waals surface area contributed by atoms with E-state index >= 15 is 0 Å². The zero-order valence-electron chi connectivity index (χ0n) is 19.1. The Morgan fingerprint density at radius 2 is 1.74 bits per heavy atom. The molecule has 0 aromatic heterocycles. The van der Waals surface area contributed by atoms with Gasteiger partial charge >= 0.3 is 12.1 Å². The molecule has 2 amide bonds. The van der Waals surface area contributed by atoms with Gasteiger partial charge in [0.2, 0.25) is 5.91 Å². The number of carbonyl (C=O) groups excluding carboxylic acids is 2. The zero-order valence-corrected chi connectivity index (χ0v) is 19.9. The van der Waals surface area contributed by atoms with Crippen molar-refractivity contribution in [2.45, 2.75) is 36.7 Å². The van der Waals surface area contributed by atoms with Crippen molar-refractivity contribution < 1.29 is 29.0 Å². The molecule has 2 aliphatic rings.